The summed E-state index contributed by atoms with van der Waals surface area (Å²) in [4.78, 5) is 12.7. The molecule has 0 atom stereocenters. The van der Waals surface area contributed by atoms with E-state index in [0.717, 1.165) is 12.1 Å². The van der Waals surface area contributed by atoms with Crippen LogP contribution in [0.5, 0.6) is 5.75 Å². The van der Waals surface area contributed by atoms with Gasteiger partial charge in [-0.25, -0.2) is 4.79 Å². The van der Waals surface area contributed by atoms with Crippen molar-refractivity contribution >= 4 is 16.9 Å². The van der Waals surface area contributed by atoms with E-state index >= 15 is 0 Å². The van der Waals surface area contributed by atoms with Crippen LogP contribution < -0.4 is 4.74 Å². The average Bonchev–Trinajstić information content (AvgIpc) is 3.15. The number of para-hydroxylation sites is 2. The van der Waals surface area contributed by atoms with Crippen LogP contribution in [0.2, 0.25) is 0 Å². The first kappa shape index (κ1) is 20.5. The highest BCUT2D eigenvalue weighted by Crippen LogP contribution is 2.30. The van der Waals surface area contributed by atoms with Crippen molar-refractivity contribution in [2.45, 2.75) is 19.4 Å². The van der Waals surface area contributed by atoms with Crippen molar-refractivity contribution < 1.29 is 31.9 Å². The van der Waals surface area contributed by atoms with E-state index in [9.17, 15) is 18.0 Å². The lowest BCUT2D eigenvalue weighted by Crippen LogP contribution is -2.09. The number of fused-ring (bicyclic) bond motifs is 1. The molecule has 0 aliphatic rings. The molecule has 4 aromatic rings. The second kappa shape index (κ2) is 8.55. The number of benzene rings is 3. The Kier molecular flexibility index (Phi) is 5.66. The molecular weight excluding hydrogens is 409 g/mol. The molecule has 0 bridgehead atoms. The fourth-order valence-corrected chi connectivity index (χ4v) is 3.13. The lowest BCUT2D eigenvalue weighted by atomic mass is 10.1. The maximum absolute atomic E-state index is 12.9. The highest BCUT2D eigenvalue weighted by atomic mass is 19.4. The van der Waals surface area contributed by atoms with Gasteiger partial charge in [0, 0.05) is 5.39 Å². The van der Waals surface area contributed by atoms with E-state index in [1.54, 1.807) is 30.3 Å². The van der Waals surface area contributed by atoms with Crippen LogP contribution in [-0.2, 0) is 24.1 Å². The predicted octanol–water partition coefficient (Wildman–Crippen LogP) is 6.39. The van der Waals surface area contributed by atoms with Crippen molar-refractivity contribution in [3.05, 3.63) is 101 Å². The Morgan fingerprint density at radius 2 is 1.61 bits per heavy atom. The predicted molar refractivity (Wildman–Crippen MR) is 108 cm³/mol. The topological polar surface area (TPSA) is 48.7 Å². The number of hydrogen-bond acceptors (Lipinski definition) is 4. The van der Waals surface area contributed by atoms with Crippen molar-refractivity contribution in [1.29, 1.82) is 0 Å². The lowest BCUT2D eigenvalue weighted by Gasteiger charge is -2.10. The Morgan fingerprint density at radius 1 is 0.871 bits per heavy atom. The molecule has 4 rings (SSSR count). The molecule has 0 spiro atoms. The molecule has 0 unspecified atom stereocenters. The Balaban J connectivity index is 1.55. The van der Waals surface area contributed by atoms with Crippen molar-refractivity contribution in [3.63, 3.8) is 0 Å². The summed E-state index contributed by atoms with van der Waals surface area (Å²) in [6.07, 6.45) is -4.47. The molecule has 31 heavy (non-hydrogen) atoms. The van der Waals surface area contributed by atoms with E-state index in [-0.39, 0.29) is 24.5 Å². The average molecular weight is 426 g/mol. The zero-order valence-electron chi connectivity index (χ0n) is 16.2. The summed E-state index contributed by atoms with van der Waals surface area (Å²) >= 11 is 0. The Labute approximate surface area is 175 Å². The number of alkyl halides is 3. The third kappa shape index (κ3) is 4.71. The van der Waals surface area contributed by atoms with Crippen molar-refractivity contribution in [2.75, 3.05) is 0 Å². The fraction of sp³-hybridized carbons (Fsp3) is 0.125. The number of halogens is 3. The molecular formula is C24H17F3O4. The van der Waals surface area contributed by atoms with E-state index in [0.29, 0.717) is 22.3 Å². The summed E-state index contributed by atoms with van der Waals surface area (Å²) < 4.78 is 55.4. The maximum atomic E-state index is 12.9. The van der Waals surface area contributed by atoms with Gasteiger partial charge in [0.25, 0.3) is 0 Å². The lowest BCUT2D eigenvalue weighted by molar-refractivity contribution is -0.137. The van der Waals surface area contributed by atoms with Crippen molar-refractivity contribution in [1.82, 2.24) is 0 Å². The largest absolute Gasteiger partial charge is 0.489 e. The van der Waals surface area contributed by atoms with Gasteiger partial charge in [-0.2, -0.15) is 13.2 Å². The number of furan rings is 1. The summed E-state index contributed by atoms with van der Waals surface area (Å²) in [5, 5.41) is 0.699. The van der Waals surface area contributed by atoms with E-state index in [1.165, 1.54) is 12.1 Å². The molecule has 7 heteroatoms. The molecule has 1 aromatic heterocycles. The monoisotopic (exact) mass is 426 g/mol. The maximum Gasteiger partial charge on any atom is 0.416 e. The standard InChI is InChI=1S/C24H17F3O4/c25-24(26,27)17-8-6-7-16(13-17)14-30-23(28)22-20(15-29-18-9-2-1-3-10-18)19-11-4-5-12-21(19)31-22/h1-13H,14-15H2. The normalized spacial score (nSPS) is 11.5. The van der Waals surface area contributed by atoms with Gasteiger partial charge in [0.15, 0.2) is 0 Å². The molecule has 0 amide bonds. The van der Waals surface area contributed by atoms with Gasteiger partial charge in [-0.15, -0.1) is 0 Å². The van der Waals surface area contributed by atoms with Crippen molar-refractivity contribution in [2.24, 2.45) is 0 Å². The smallest absolute Gasteiger partial charge is 0.416 e. The van der Waals surface area contributed by atoms with Crippen LogP contribution in [0, 0.1) is 0 Å². The number of esters is 1. The first-order valence-electron chi connectivity index (χ1n) is 9.43. The first-order valence-corrected chi connectivity index (χ1v) is 9.43. The van der Waals surface area contributed by atoms with Gasteiger partial charge >= 0.3 is 12.1 Å². The van der Waals surface area contributed by atoms with Gasteiger partial charge < -0.3 is 13.9 Å². The summed E-state index contributed by atoms with van der Waals surface area (Å²) in [6.45, 7) is -0.256. The van der Waals surface area contributed by atoms with E-state index in [4.69, 9.17) is 13.9 Å². The minimum Gasteiger partial charge on any atom is -0.489 e. The van der Waals surface area contributed by atoms with Gasteiger partial charge in [-0.1, -0.05) is 48.5 Å². The Hall–Kier alpha value is -3.74. The van der Waals surface area contributed by atoms with Gasteiger partial charge in [0.05, 0.1) is 11.1 Å². The van der Waals surface area contributed by atoms with Gasteiger partial charge in [0.1, 0.15) is 24.5 Å². The fourth-order valence-electron chi connectivity index (χ4n) is 3.13. The molecule has 0 radical (unpaired) electrons. The summed E-state index contributed by atoms with van der Waals surface area (Å²) in [7, 11) is 0. The summed E-state index contributed by atoms with van der Waals surface area (Å²) in [5.41, 5.74) is 0.414. The second-order valence-corrected chi connectivity index (χ2v) is 6.78. The van der Waals surface area contributed by atoms with Crippen LogP contribution in [0.3, 0.4) is 0 Å². The number of carbonyl (C=O) groups is 1. The van der Waals surface area contributed by atoms with E-state index in [1.807, 2.05) is 24.3 Å². The van der Waals surface area contributed by atoms with Gasteiger partial charge in [0.2, 0.25) is 5.76 Å². The molecule has 0 N–H and O–H groups in total. The Morgan fingerprint density at radius 3 is 2.39 bits per heavy atom. The highest BCUT2D eigenvalue weighted by Gasteiger charge is 2.30. The molecule has 0 saturated heterocycles. The number of carbonyl (C=O) groups excluding carboxylic acids is 1. The molecule has 1 heterocycles. The van der Waals surface area contributed by atoms with Crippen LogP contribution in [0.4, 0.5) is 13.2 Å². The minimum absolute atomic E-state index is 0.0379. The van der Waals surface area contributed by atoms with Crippen LogP contribution in [0.15, 0.2) is 83.3 Å². The highest BCUT2D eigenvalue weighted by molar-refractivity contribution is 5.96. The second-order valence-electron chi connectivity index (χ2n) is 6.78. The number of hydrogen-bond donors (Lipinski definition) is 0. The summed E-state index contributed by atoms with van der Waals surface area (Å²) in [6, 6.07) is 20.8. The molecule has 3 aromatic carbocycles. The molecule has 4 nitrogen and oxygen atoms in total. The van der Waals surface area contributed by atoms with Crippen LogP contribution in [-0.4, -0.2) is 5.97 Å². The zero-order valence-corrected chi connectivity index (χ0v) is 16.2. The van der Waals surface area contributed by atoms with Crippen LogP contribution >= 0.6 is 0 Å². The third-order valence-corrected chi connectivity index (χ3v) is 4.63. The zero-order chi connectivity index (χ0) is 21.8. The van der Waals surface area contributed by atoms with Gasteiger partial charge in [-0.3, -0.25) is 0 Å². The molecule has 158 valence electrons. The SMILES string of the molecule is O=C(OCc1cccc(C(F)(F)F)c1)c1oc2ccccc2c1COc1ccccc1. The third-order valence-electron chi connectivity index (χ3n) is 4.63. The molecule has 0 aliphatic heterocycles. The summed E-state index contributed by atoms with van der Waals surface area (Å²) in [5.74, 6) is -0.194. The number of ether oxygens (including phenoxy) is 2. The minimum atomic E-state index is -4.47. The molecule has 0 fully saturated rings. The molecule has 0 saturated carbocycles. The molecule has 0 aliphatic carbocycles. The van der Waals surface area contributed by atoms with Crippen molar-refractivity contribution in [3.8, 4) is 5.75 Å². The van der Waals surface area contributed by atoms with Crippen LogP contribution in [0.25, 0.3) is 11.0 Å². The quantitative estimate of drug-likeness (QED) is 0.335. The Bertz CT molecular complexity index is 1200. The van der Waals surface area contributed by atoms with E-state index < -0.39 is 17.7 Å². The van der Waals surface area contributed by atoms with Gasteiger partial charge in [-0.05, 0) is 35.9 Å². The van der Waals surface area contributed by atoms with Crippen LogP contribution in [0.1, 0.15) is 27.2 Å². The number of rotatable bonds is 6. The first-order chi connectivity index (χ1) is 14.9. The van der Waals surface area contributed by atoms with E-state index in [2.05, 4.69) is 0 Å².